The van der Waals surface area contributed by atoms with Gasteiger partial charge in [0.15, 0.2) is 14.9 Å². The van der Waals surface area contributed by atoms with Crippen molar-refractivity contribution in [2.45, 2.75) is 25.7 Å². The van der Waals surface area contributed by atoms with Crippen LogP contribution in [0.15, 0.2) is 18.2 Å². The first-order chi connectivity index (χ1) is 8.90. The SMILES string of the molecule is C[Si](C)(C)OC(CN)c1cccc2c1OCC(=O)N2. The Hall–Kier alpha value is -1.37. The number of hydrogen-bond acceptors (Lipinski definition) is 4. The molecule has 3 N–H and O–H groups in total. The van der Waals surface area contributed by atoms with Crippen molar-refractivity contribution in [2.75, 3.05) is 18.5 Å². The van der Waals surface area contributed by atoms with Gasteiger partial charge >= 0.3 is 0 Å². The maximum atomic E-state index is 11.3. The van der Waals surface area contributed by atoms with Crippen molar-refractivity contribution in [2.24, 2.45) is 5.73 Å². The van der Waals surface area contributed by atoms with Crippen LogP contribution >= 0.6 is 0 Å². The fourth-order valence-electron chi connectivity index (χ4n) is 2.06. The second-order valence-corrected chi connectivity index (χ2v) is 9.98. The molecule has 0 aromatic heterocycles. The van der Waals surface area contributed by atoms with Crippen LogP contribution in [0, 0.1) is 0 Å². The Morgan fingerprint density at radius 3 is 2.84 bits per heavy atom. The van der Waals surface area contributed by atoms with E-state index in [2.05, 4.69) is 25.0 Å². The van der Waals surface area contributed by atoms with Gasteiger partial charge < -0.3 is 20.2 Å². The molecule has 1 heterocycles. The summed E-state index contributed by atoms with van der Waals surface area (Å²) in [7, 11) is -1.71. The number of rotatable bonds is 4. The van der Waals surface area contributed by atoms with Gasteiger partial charge in [0.2, 0.25) is 0 Å². The van der Waals surface area contributed by atoms with E-state index in [0.29, 0.717) is 18.0 Å². The molecule has 1 unspecified atom stereocenters. The normalized spacial score (nSPS) is 16.3. The minimum absolute atomic E-state index is 0.0360. The largest absolute Gasteiger partial charge is 0.481 e. The van der Waals surface area contributed by atoms with Crippen LogP contribution in [0.25, 0.3) is 0 Å². The van der Waals surface area contributed by atoms with Crippen LogP contribution in [0.1, 0.15) is 11.7 Å². The first-order valence-corrected chi connectivity index (χ1v) is 9.75. The van der Waals surface area contributed by atoms with E-state index < -0.39 is 8.32 Å². The molecule has 1 aliphatic rings. The molecule has 0 radical (unpaired) electrons. The van der Waals surface area contributed by atoms with Crippen LogP contribution < -0.4 is 15.8 Å². The van der Waals surface area contributed by atoms with E-state index in [1.54, 1.807) is 0 Å². The van der Waals surface area contributed by atoms with Crippen LogP contribution in [-0.4, -0.2) is 27.4 Å². The lowest BCUT2D eigenvalue weighted by Crippen LogP contribution is -2.32. The quantitative estimate of drug-likeness (QED) is 0.826. The molecule has 0 spiro atoms. The summed E-state index contributed by atoms with van der Waals surface area (Å²) in [5.41, 5.74) is 7.42. The van der Waals surface area contributed by atoms with Crippen molar-refractivity contribution in [3.05, 3.63) is 23.8 Å². The van der Waals surface area contributed by atoms with Gasteiger partial charge in [-0.3, -0.25) is 4.79 Å². The molecule has 1 atom stereocenters. The van der Waals surface area contributed by atoms with E-state index in [-0.39, 0.29) is 18.6 Å². The number of carbonyl (C=O) groups excluding carboxylic acids is 1. The van der Waals surface area contributed by atoms with Gasteiger partial charge in [-0.25, -0.2) is 0 Å². The molecule has 1 amide bonds. The molecule has 0 saturated carbocycles. The molecular weight excluding hydrogens is 260 g/mol. The Morgan fingerprint density at radius 1 is 1.47 bits per heavy atom. The van der Waals surface area contributed by atoms with Crippen LogP contribution in [0.3, 0.4) is 0 Å². The van der Waals surface area contributed by atoms with Crippen molar-refractivity contribution in [3.8, 4) is 5.75 Å². The van der Waals surface area contributed by atoms with Gasteiger partial charge in [-0.2, -0.15) is 0 Å². The summed E-state index contributed by atoms with van der Waals surface area (Å²) in [4.78, 5) is 11.3. The zero-order valence-corrected chi connectivity index (χ0v) is 12.5. The zero-order chi connectivity index (χ0) is 14.0. The van der Waals surface area contributed by atoms with Crippen LogP contribution in [0.5, 0.6) is 5.75 Å². The molecule has 5 nitrogen and oxygen atoms in total. The first-order valence-electron chi connectivity index (χ1n) is 6.34. The Labute approximate surface area is 114 Å². The molecule has 0 saturated heterocycles. The molecule has 1 aromatic rings. The van der Waals surface area contributed by atoms with Gasteiger partial charge in [0, 0.05) is 12.1 Å². The summed E-state index contributed by atoms with van der Waals surface area (Å²) in [5, 5.41) is 2.79. The highest BCUT2D eigenvalue weighted by atomic mass is 28.4. The summed E-state index contributed by atoms with van der Waals surface area (Å²) >= 11 is 0. The van der Waals surface area contributed by atoms with Gasteiger partial charge in [0.05, 0.1) is 11.8 Å². The van der Waals surface area contributed by atoms with Crippen LogP contribution in [0.4, 0.5) is 5.69 Å². The number of nitrogens with one attached hydrogen (secondary N) is 1. The summed E-state index contributed by atoms with van der Waals surface area (Å²) in [6.07, 6.45) is -0.198. The molecule has 1 aromatic carbocycles. The number of amides is 1. The predicted octanol–water partition coefficient (Wildman–Crippen LogP) is 1.87. The predicted molar refractivity (Wildman–Crippen MR) is 76.8 cm³/mol. The number of ether oxygens (including phenoxy) is 1. The van der Waals surface area contributed by atoms with Crippen molar-refractivity contribution in [1.82, 2.24) is 0 Å². The third-order valence-electron chi connectivity index (χ3n) is 2.72. The molecule has 0 bridgehead atoms. The third kappa shape index (κ3) is 3.34. The Balaban J connectivity index is 2.33. The van der Waals surface area contributed by atoms with Crippen LogP contribution in [-0.2, 0) is 9.22 Å². The lowest BCUT2D eigenvalue weighted by molar-refractivity contribution is -0.118. The third-order valence-corrected chi connectivity index (χ3v) is 3.72. The maximum Gasteiger partial charge on any atom is 0.262 e. The molecule has 0 aliphatic carbocycles. The Bertz CT molecular complexity index is 485. The highest BCUT2D eigenvalue weighted by Gasteiger charge is 2.27. The monoisotopic (exact) mass is 280 g/mol. The maximum absolute atomic E-state index is 11.3. The van der Waals surface area contributed by atoms with E-state index in [9.17, 15) is 4.79 Å². The molecule has 0 fully saturated rings. The molecule has 2 rings (SSSR count). The number of carbonyl (C=O) groups is 1. The average molecular weight is 280 g/mol. The van der Waals surface area contributed by atoms with E-state index in [0.717, 1.165) is 5.56 Å². The molecule has 19 heavy (non-hydrogen) atoms. The summed E-state index contributed by atoms with van der Waals surface area (Å²) in [5.74, 6) is 0.538. The van der Waals surface area contributed by atoms with Crippen molar-refractivity contribution in [1.29, 1.82) is 0 Å². The van der Waals surface area contributed by atoms with Crippen molar-refractivity contribution in [3.63, 3.8) is 0 Å². The fraction of sp³-hybridized carbons (Fsp3) is 0.462. The smallest absolute Gasteiger partial charge is 0.262 e. The second kappa shape index (κ2) is 5.32. The Kier molecular flexibility index (Phi) is 3.93. The van der Waals surface area contributed by atoms with Gasteiger partial charge in [-0.15, -0.1) is 0 Å². The molecule has 104 valence electrons. The summed E-state index contributed by atoms with van der Waals surface area (Å²) in [6, 6.07) is 5.63. The second-order valence-electron chi connectivity index (χ2n) is 5.52. The van der Waals surface area contributed by atoms with Crippen LogP contribution in [0.2, 0.25) is 19.6 Å². The summed E-state index contributed by atoms with van der Waals surface area (Å²) < 4.78 is 11.6. The van der Waals surface area contributed by atoms with Gasteiger partial charge in [-0.05, 0) is 25.7 Å². The van der Waals surface area contributed by atoms with Gasteiger partial charge in [0.25, 0.3) is 5.91 Å². The zero-order valence-electron chi connectivity index (χ0n) is 11.5. The number of fused-ring (bicyclic) bond motifs is 1. The first kappa shape index (κ1) is 14.0. The highest BCUT2D eigenvalue weighted by molar-refractivity contribution is 6.69. The average Bonchev–Trinajstić information content (AvgIpc) is 2.34. The molecular formula is C13H20N2O3Si. The van der Waals surface area contributed by atoms with Crippen molar-refractivity contribution >= 4 is 19.9 Å². The van der Waals surface area contributed by atoms with Gasteiger partial charge in [0.1, 0.15) is 5.75 Å². The lowest BCUT2D eigenvalue weighted by atomic mass is 10.1. The lowest BCUT2D eigenvalue weighted by Gasteiger charge is -2.29. The number of anilines is 1. The summed E-state index contributed by atoms with van der Waals surface area (Å²) in [6.45, 7) is 6.78. The number of benzene rings is 1. The van der Waals surface area contributed by atoms with E-state index >= 15 is 0 Å². The van der Waals surface area contributed by atoms with E-state index in [4.69, 9.17) is 14.9 Å². The number of hydrogen-bond donors (Lipinski definition) is 2. The number of nitrogens with two attached hydrogens (primary N) is 1. The molecule has 6 heteroatoms. The topological polar surface area (TPSA) is 73.6 Å². The van der Waals surface area contributed by atoms with Crippen molar-refractivity contribution < 1.29 is 14.0 Å². The Morgan fingerprint density at radius 2 is 2.21 bits per heavy atom. The fourth-order valence-corrected chi connectivity index (χ4v) is 3.13. The number of para-hydroxylation sites is 1. The molecule has 1 aliphatic heterocycles. The minimum Gasteiger partial charge on any atom is -0.481 e. The standard InChI is InChI=1S/C13H20N2O3Si/c1-19(2,3)18-11(7-14)9-5-4-6-10-13(9)17-8-12(16)15-10/h4-6,11H,7-8,14H2,1-3H3,(H,15,16). The minimum atomic E-state index is -1.71. The van der Waals surface area contributed by atoms with Gasteiger partial charge in [-0.1, -0.05) is 12.1 Å². The van der Waals surface area contributed by atoms with E-state index in [1.807, 2.05) is 18.2 Å². The highest BCUT2D eigenvalue weighted by Crippen LogP contribution is 2.37. The van der Waals surface area contributed by atoms with E-state index in [1.165, 1.54) is 0 Å².